The summed E-state index contributed by atoms with van der Waals surface area (Å²) in [7, 11) is 3.94. The second kappa shape index (κ2) is 6.02. The lowest BCUT2D eigenvalue weighted by molar-refractivity contribution is 0.0225. The van der Waals surface area contributed by atoms with Crippen molar-refractivity contribution in [1.82, 2.24) is 9.80 Å². The van der Waals surface area contributed by atoms with E-state index < -0.39 is 0 Å². The Morgan fingerprint density at radius 2 is 1.56 bits per heavy atom. The zero-order chi connectivity index (χ0) is 13.0. The van der Waals surface area contributed by atoms with Gasteiger partial charge >= 0.3 is 0 Å². The zero-order valence-corrected chi connectivity index (χ0v) is 11.9. The van der Waals surface area contributed by atoms with Crippen LogP contribution in [-0.2, 0) is 4.74 Å². The van der Waals surface area contributed by atoms with E-state index in [-0.39, 0.29) is 5.60 Å². The van der Waals surface area contributed by atoms with Gasteiger partial charge in [-0.3, -0.25) is 5.41 Å². The van der Waals surface area contributed by atoms with Crippen LogP contribution in [0.4, 0.5) is 0 Å². The number of hydrogen-bond donors (Lipinski definition) is 1. The second-order valence-corrected chi connectivity index (χ2v) is 5.75. The van der Waals surface area contributed by atoms with Gasteiger partial charge in [0.1, 0.15) is 11.4 Å². The molecule has 0 radical (unpaired) electrons. The Balaban J connectivity index is 2.04. The van der Waals surface area contributed by atoms with E-state index in [9.17, 15) is 0 Å². The number of amidine groups is 1. The minimum absolute atomic E-state index is 0.299. The molecule has 0 bridgehead atoms. The van der Waals surface area contributed by atoms with Crippen LogP contribution in [0.2, 0.25) is 0 Å². The van der Waals surface area contributed by atoms with E-state index >= 15 is 0 Å². The van der Waals surface area contributed by atoms with Gasteiger partial charge in [-0.1, -0.05) is 25.7 Å². The summed E-state index contributed by atoms with van der Waals surface area (Å²) in [4.78, 5) is 4.56. The van der Waals surface area contributed by atoms with E-state index in [4.69, 9.17) is 10.1 Å². The van der Waals surface area contributed by atoms with Crippen LogP contribution in [0.5, 0.6) is 0 Å². The number of likely N-dealkylation sites (N-methyl/N-ethyl adjacent to an activating group) is 1. The highest BCUT2D eigenvalue weighted by molar-refractivity contribution is 5.88. The molecule has 4 heteroatoms. The smallest absolute Gasteiger partial charge is 0.129 e. The lowest BCUT2D eigenvalue weighted by Crippen LogP contribution is -2.55. The van der Waals surface area contributed by atoms with Crippen molar-refractivity contribution in [3.63, 3.8) is 0 Å². The van der Waals surface area contributed by atoms with Gasteiger partial charge in [-0.2, -0.15) is 0 Å². The normalized spacial score (nSPS) is 25.8. The molecule has 2 aliphatic rings. The number of nitrogens with zero attached hydrogens (tertiary/aromatic N) is 2. The maximum Gasteiger partial charge on any atom is 0.129 e. The molecule has 1 aliphatic heterocycles. The van der Waals surface area contributed by atoms with Crippen molar-refractivity contribution >= 4 is 5.84 Å². The predicted molar refractivity (Wildman–Crippen MR) is 74.2 cm³/mol. The van der Waals surface area contributed by atoms with Crippen LogP contribution in [-0.4, -0.2) is 61.6 Å². The van der Waals surface area contributed by atoms with Gasteiger partial charge in [-0.25, -0.2) is 0 Å². The van der Waals surface area contributed by atoms with Crippen LogP contribution in [0.3, 0.4) is 0 Å². The lowest BCUT2D eigenvalue weighted by Gasteiger charge is -2.41. The van der Waals surface area contributed by atoms with E-state index in [0.717, 1.165) is 44.9 Å². The summed E-state index contributed by atoms with van der Waals surface area (Å²) < 4.78 is 5.82. The van der Waals surface area contributed by atoms with Gasteiger partial charge in [0.2, 0.25) is 0 Å². The maximum atomic E-state index is 8.57. The summed E-state index contributed by atoms with van der Waals surface area (Å²) in [5, 5.41) is 8.57. The average molecular weight is 253 g/mol. The molecule has 1 saturated carbocycles. The van der Waals surface area contributed by atoms with Crippen molar-refractivity contribution in [3.8, 4) is 0 Å². The van der Waals surface area contributed by atoms with Gasteiger partial charge in [0.25, 0.3) is 0 Å². The third-order valence-electron chi connectivity index (χ3n) is 4.55. The molecule has 0 amide bonds. The van der Waals surface area contributed by atoms with Crippen LogP contribution < -0.4 is 0 Å². The lowest BCUT2D eigenvalue weighted by atomic mass is 9.91. The molecule has 4 nitrogen and oxygen atoms in total. The van der Waals surface area contributed by atoms with E-state index in [2.05, 4.69) is 16.8 Å². The molecule has 1 heterocycles. The monoisotopic (exact) mass is 253 g/mol. The molecule has 1 N–H and O–H groups in total. The van der Waals surface area contributed by atoms with Crippen molar-refractivity contribution < 1.29 is 4.74 Å². The molecule has 2 fully saturated rings. The van der Waals surface area contributed by atoms with Gasteiger partial charge in [-0.15, -0.1) is 0 Å². The molecule has 0 spiro atoms. The Kier molecular flexibility index (Phi) is 4.62. The average Bonchev–Trinajstić information content (AvgIpc) is 2.65. The van der Waals surface area contributed by atoms with Gasteiger partial charge in [0.15, 0.2) is 0 Å². The standard InChI is InChI=1S/C14H27N3O/c1-16-9-11-17(12-10-16)13(15)14(18-2)7-5-3-4-6-8-14/h15H,3-12H2,1-2H3. The quantitative estimate of drug-likeness (QED) is 0.464. The van der Waals surface area contributed by atoms with E-state index in [1.807, 2.05) is 0 Å². The molecular formula is C14H27N3O. The molecule has 0 atom stereocenters. The molecule has 0 unspecified atom stereocenters. The summed E-state index contributed by atoms with van der Waals surface area (Å²) in [5.41, 5.74) is -0.299. The molecule has 0 aromatic rings. The van der Waals surface area contributed by atoms with Crippen LogP contribution >= 0.6 is 0 Å². The minimum Gasteiger partial charge on any atom is -0.370 e. The van der Waals surface area contributed by atoms with Crippen molar-refractivity contribution in [3.05, 3.63) is 0 Å². The van der Waals surface area contributed by atoms with Crippen LogP contribution in [0, 0.1) is 5.41 Å². The second-order valence-electron chi connectivity index (χ2n) is 5.75. The van der Waals surface area contributed by atoms with Crippen LogP contribution in [0.15, 0.2) is 0 Å². The highest BCUT2D eigenvalue weighted by Crippen LogP contribution is 2.32. The van der Waals surface area contributed by atoms with E-state index in [0.29, 0.717) is 0 Å². The van der Waals surface area contributed by atoms with Gasteiger partial charge in [0, 0.05) is 33.3 Å². The SMILES string of the molecule is COC1(C(=N)N2CCN(C)CC2)CCCCCC1. The summed E-state index contributed by atoms with van der Waals surface area (Å²) >= 11 is 0. The molecular weight excluding hydrogens is 226 g/mol. The highest BCUT2D eigenvalue weighted by atomic mass is 16.5. The van der Waals surface area contributed by atoms with Crippen LogP contribution in [0.25, 0.3) is 0 Å². The molecule has 1 aliphatic carbocycles. The fourth-order valence-electron chi connectivity index (χ4n) is 3.16. The van der Waals surface area contributed by atoms with Gasteiger partial charge < -0.3 is 14.5 Å². The first-order valence-electron chi connectivity index (χ1n) is 7.26. The number of nitrogens with one attached hydrogen (secondary N) is 1. The minimum atomic E-state index is -0.299. The third-order valence-corrected chi connectivity index (χ3v) is 4.55. The topological polar surface area (TPSA) is 39.6 Å². The van der Waals surface area contributed by atoms with Crippen molar-refractivity contribution in [2.24, 2.45) is 0 Å². The number of ether oxygens (including phenoxy) is 1. The number of rotatable bonds is 2. The molecule has 2 rings (SSSR count). The van der Waals surface area contributed by atoms with Crippen molar-refractivity contribution in [1.29, 1.82) is 5.41 Å². The molecule has 0 aromatic carbocycles. The fraction of sp³-hybridized carbons (Fsp3) is 0.929. The zero-order valence-electron chi connectivity index (χ0n) is 11.9. The number of methoxy groups -OCH3 is 1. The maximum absolute atomic E-state index is 8.57. The molecule has 1 saturated heterocycles. The summed E-state index contributed by atoms with van der Waals surface area (Å²) in [6, 6.07) is 0. The number of hydrogen-bond acceptors (Lipinski definition) is 3. The van der Waals surface area contributed by atoms with E-state index in [1.54, 1.807) is 7.11 Å². The third kappa shape index (κ3) is 2.86. The first-order valence-corrected chi connectivity index (χ1v) is 7.26. The molecule has 18 heavy (non-hydrogen) atoms. The summed E-state index contributed by atoms with van der Waals surface area (Å²) in [6.45, 7) is 4.06. The summed E-state index contributed by atoms with van der Waals surface area (Å²) in [6.07, 6.45) is 7.03. The Bertz CT molecular complexity index is 277. The summed E-state index contributed by atoms with van der Waals surface area (Å²) in [5.74, 6) is 0.736. The fourth-order valence-corrected chi connectivity index (χ4v) is 3.16. The first-order chi connectivity index (χ1) is 8.68. The largest absolute Gasteiger partial charge is 0.370 e. The Morgan fingerprint density at radius 1 is 1.00 bits per heavy atom. The Hall–Kier alpha value is -0.610. The predicted octanol–water partition coefficient (Wildman–Crippen LogP) is 1.95. The molecule has 0 aromatic heterocycles. The van der Waals surface area contributed by atoms with Gasteiger partial charge in [-0.05, 0) is 19.9 Å². The Morgan fingerprint density at radius 3 is 2.06 bits per heavy atom. The number of piperazine rings is 1. The van der Waals surface area contributed by atoms with Gasteiger partial charge in [0.05, 0.1) is 0 Å². The van der Waals surface area contributed by atoms with E-state index in [1.165, 1.54) is 25.7 Å². The molecule has 104 valence electrons. The van der Waals surface area contributed by atoms with Crippen molar-refractivity contribution in [2.75, 3.05) is 40.3 Å². The van der Waals surface area contributed by atoms with Crippen LogP contribution in [0.1, 0.15) is 38.5 Å². The highest BCUT2D eigenvalue weighted by Gasteiger charge is 2.38. The first kappa shape index (κ1) is 13.8. The van der Waals surface area contributed by atoms with Crippen molar-refractivity contribution in [2.45, 2.75) is 44.1 Å². The Labute approximate surface area is 111 Å².